The highest BCUT2D eigenvalue weighted by molar-refractivity contribution is 5.39. The van der Waals surface area contributed by atoms with E-state index in [1.807, 2.05) is 0 Å². The number of benzene rings is 1. The molecule has 1 aliphatic rings. The largest absolute Gasteiger partial charge is 0.0776 e. The molecule has 0 aliphatic heterocycles. The predicted molar refractivity (Wildman–Crippen MR) is 63.7 cm³/mol. The topological polar surface area (TPSA) is 0 Å². The van der Waals surface area contributed by atoms with E-state index >= 15 is 0 Å². The lowest BCUT2D eigenvalue weighted by Crippen LogP contribution is -2.25. The number of fused-ring (bicyclic) bond motifs is 1. The highest BCUT2D eigenvalue weighted by Crippen LogP contribution is 2.43. The molecule has 1 aliphatic carbocycles. The van der Waals surface area contributed by atoms with Gasteiger partial charge in [0.15, 0.2) is 0 Å². The summed E-state index contributed by atoms with van der Waals surface area (Å²) >= 11 is 0. The van der Waals surface area contributed by atoms with Crippen LogP contribution >= 0.6 is 0 Å². The molecule has 0 spiro atoms. The summed E-state index contributed by atoms with van der Waals surface area (Å²) in [6, 6.07) is 8.92. The van der Waals surface area contributed by atoms with Gasteiger partial charge in [0.1, 0.15) is 0 Å². The molecule has 1 aromatic rings. The summed E-state index contributed by atoms with van der Waals surface area (Å²) in [5.74, 6) is 0.746. The second-order valence-electron chi connectivity index (χ2n) is 4.73. The van der Waals surface area contributed by atoms with Crippen LogP contribution in [0.1, 0.15) is 45.7 Å². The minimum absolute atomic E-state index is 0. The van der Waals surface area contributed by atoms with E-state index in [2.05, 4.69) is 45.0 Å². The van der Waals surface area contributed by atoms with Crippen molar-refractivity contribution in [3.8, 4) is 0 Å². The van der Waals surface area contributed by atoms with Gasteiger partial charge in [-0.15, -0.1) is 0 Å². The molecule has 0 amide bonds. The standard InChI is InChI=1S/C13H18.CH4/c1-10(2)13(3)9-8-11-6-4-5-7-12(11)13;/h4-7,10H,8-9H2,1-3H3;1H4. The van der Waals surface area contributed by atoms with E-state index in [9.17, 15) is 0 Å². The van der Waals surface area contributed by atoms with E-state index in [-0.39, 0.29) is 7.43 Å². The molecule has 78 valence electrons. The molecule has 0 nitrogen and oxygen atoms in total. The van der Waals surface area contributed by atoms with Gasteiger partial charge in [-0.2, -0.15) is 0 Å². The van der Waals surface area contributed by atoms with Crippen molar-refractivity contribution < 1.29 is 0 Å². The molecular formula is C14H22. The third-order valence-electron chi connectivity index (χ3n) is 3.82. The maximum Gasteiger partial charge on any atom is -0.00464 e. The Balaban J connectivity index is 0.000000980. The first-order valence-electron chi connectivity index (χ1n) is 5.23. The van der Waals surface area contributed by atoms with Crippen molar-refractivity contribution in [1.29, 1.82) is 0 Å². The Morgan fingerprint density at radius 3 is 2.50 bits per heavy atom. The predicted octanol–water partition coefficient (Wildman–Crippen LogP) is 4.18. The quantitative estimate of drug-likeness (QED) is 0.623. The normalized spacial score (nSPS) is 24.6. The molecule has 1 aromatic carbocycles. The summed E-state index contributed by atoms with van der Waals surface area (Å²) in [6.07, 6.45) is 2.59. The zero-order chi connectivity index (χ0) is 9.47. The average Bonchev–Trinajstić information content (AvgIpc) is 2.47. The molecule has 0 saturated heterocycles. The fourth-order valence-electron chi connectivity index (χ4n) is 2.42. The van der Waals surface area contributed by atoms with Crippen LogP contribution in [-0.4, -0.2) is 0 Å². The van der Waals surface area contributed by atoms with E-state index in [1.165, 1.54) is 12.8 Å². The maximum absolute atomic E-state index is 2.41. The molecule has 1 atom stereocenters. The van der Waals surface area contributed by atoms with Gasteiger partial charge in [0.2, 0.25) is 0 Å². The minimum atomic E-state index is 0. The van der Waals surface area contributed by atoms with Crippen molar-refractivity contribution in [2.45, 2.75) is 46.5 Å². The van der Waals surface area contributed by atoms with Gasteiger partial charge in [-0.3, -0.25) is 0 Å². The van der Waals surface area contributed by atoms with Crippen molar-refractivity contribution in [1.82, 2.24) is 0 Å². The summed E-state index contributed by atoms with van der Waals surface area (Å²) in [6.45, 7) is 7.08. The lowest BCUT2D eigenvalue weighted by molar-refractivity contribution is 0.337. The van der Waals surface area contributed by atoms with Gasteiger partial charge in [-0.1, -0.05) is 52.5 Å². The molecular weight excluding hydrogens is 168 g/mol. The average molecular weight is 190 g/mol. The van der Waals surface area contributed by atoms with Crippen molar-refractivity contribution >= 4 is 0 Å². The molecule has 0 radical (unpaired) electrons. The summed E-state index contributed by atoms with van der Waals surface area (Å²) in [5.41, 5.74) is 3.58. The van der Waals surface area contributed by atoms with Gasteiger partial charge in [0.05, 0.1) is 0 Å². The van der Waals surface area contributed by atoms with E-state index < -0.39 is 0 Å². The lowest BCUT2D eigenvalue weighted by atomic mass is 9.74. The molecule has 0 heterocycles. The summed E-state index contributed by atoms with van der Waals surface area (Å²) in [5, 5.41) is 0. The van der Waals surface area contributed by atoms with Crippen LogP contribution in [0, 0.1) is 5.92 Å². The van der Waals surface area contributed by atoms with E-state index in [4.69, 9.17) is 0 Å². The fraction of sp³-hybridized carbons (Fsp3) is 0.571. The van der Waals surface area contributed by atoms with Crippen LogP contribution in [0.3, 0.4) is 0 Å². The van der Waals surface area contributed by atoms with Crippen molar-refractivity contribution in [3.63, 3.8) is 0 Å². The molecule has 0 fully saturated rings. The molecule has 0 saturated carbocycles. The number of rotatable bonds is 1. The molecule has 0 aromatic heterocycles. The molecule has 1 unspecified atom stereocenters. The Morgan fingerprint density at radius 1 is 1.21 bits per heavy atom. The number of hydrogen-bond donors (Lipinski definition) is 0. The van der Waals surface area contributed by atoms with Crippen molar-refractivity contribution in [2.24, 2.45) is 5.92 Å². The second kappa shape index (κ2) is 3.76. The number of hydrogen-bond acceptors (Lipinski definition) is 0. The third-order valence-corrected chi connectivity index (χ3v) is 3.82. The lowest BCUT2D eigenvalue weighted by Gasteiger charge is -2.30. The maximum atomic E-state index is 2.41. The van der Waals surface area contributed by atoms with Gasteiger partial charge in [-0.25, -0.2) is 0 Å². The van der Waals surface area contributed by atoms with Gasteiger partial charge in [0, 0.05) is 0 Å². The van der Waals surface area contributed by atoms with Crippen LogP contribution in [0.2, 0.25) is 0 Å². The summed E-state index contributed by atoms with van der Waals surface area (Å²) < 4.78 is 0. The Bertz CT molecular complexity index is 312. The van der Waals surface area contributed by atoms with E-state index in [1.54, 1.807) is 11.1 Å². The van der Waals surface area contributed by atoms with Gasteiger partial charge < -0.3 is 0 Å². The zero-order valence-corrected chi connectivity index (χ0v) is 8.80. The van der Waals surface area contributed by atoms with Crippen LogP contribution in [0.4, 0.5) is 0 Å². The van der Waals surface area contributed by atoms with Crippen LogP contribution in [0.5, 0.6) is 0 Å². The molecule has 2 rings (SSSR count). The van der Waals surface area contributed by atoms with Crippen molar-refractivity contribution in [2.75, 3.05) is 0 Å². The first-order chi connectivity index (χ1) is 6.14. The third kappa shape index (κ3) is 1.47. The fourth-order valence-corrected chi connectivity index (χ4v) is 2.42. The summed E-state index contributed by atoms with van der Waals surface area (Å²) in [7, 11) is 0. The van der Waals surface area contributed by atoms with Gasteiger partial charge in [-0.05, 0) is 35.3 Å². The SMILES string of the molecule is C.CC(C)C1(C)CCc2ccccc21. The Kier molecular flexibility index (Phi) is 3.04. The molecule has 0 N–H and O–H groups in total. The minimum Gasteiger partial charge on any atom is -0.0776 e. The van der Waals surface area contributed by atoms with E-state index in [0.29, 0.717) is 5.41 Å². The van der Waals surface area contributed by atoms with Gasteiger partial charge in [0.25, 0.3) is 0 Å². The Labute approximate surface area is 88.4 Å². The smallest absolute Gasteiger partial charge is 0.00464 e. The Morgan fingerprint density at radius 2 is 1.86 bits per heavy atom. The monoisotopic (exact) mass is 190 g/mol. The number of aryl methyl sites for hydroxylation is 1. The second-order valence-corrected chi connectivity index (χ2v) is 4.73. The zero-order valence-electron chi connectivity index (χ0n) is 8.80. The van der Waals surface area contributed by atoms with Crippen LogP contribution in [0.25, 0.3) is 0 Å². The van der Waals surface area contributed by atoms with Crippen LogP contribution in [-0.2, 0) is 11.8 Å². The Hall–Kier alpha value is -0.780. The highest BCUT2D eigenvalue weighted by Gasteiger charge is 2.36. The summed E-state index contributed by atoms with van der Waals surface area (Å²) in [4.78, 5) is 0. The highest BCUT2D eigenvalue weighted by atomic mass is 14.4. The first kappa shape index (κ1) is 11.3. The molecule has 0 bridgehead atoms. The first-order valence-corrected chi connectivity index (χ1v) is 5.23. The van der Waals surface area contributed by atoms with Crippen LogP contribution < -0.4 is 0 Å². The van der Waals surface area contributed by atoms with Crippen molar-refractivity contribution in [3.05, 3.63) is 35.4 Å². The van der Waals surface area contributed by atoms with Crippen LogP contribution in [0.15, 0.2) is 24.3 Å². The van der Waals surface area contributed by atoms with Gasteiger partial charge >= 0.3 is 0 Å². The molecule has 14 heavy (non-hydrogen) atoms. The van der Waals surface area contributed by atoms with E-state index in [0.717, 1.165) is 5.92 Å². The molecule has 0 heteroatoms.